The van der Waals surface area contributed by atoms with Crippen LogP contribution < -0.4 is 0 Å². The van der Waals surface area contributed by atoms with Crippen LogP contribution in [0.1, 0.15) is 30.2 Å². The maximum absolute atomic E-state index is 12.2. The summed E-state index contributed by atoms with van der Waals surface area (Å²) in [4.78, 5) is 16.6. The van der Waals surface area contributed by atoms with Crippen molar-refractivity contribution in [3.05, 3.63) is 29.7 Å². The molecule has 136 valence electrons. The maximum Gasteiger partial charge on any atom is 0.310 e. The zero-order valence-corrected chi connectivity index (χ0v) is 15.3. The first-order chi connectivity index (χ1) is 12.3. The molecule has 0 unspecified atom stereocenters. The number of carbonyl (C=O) groups is 1. The van der Waals surface area contributed by atoms with Crippen LogP contribution in [0.4, 0.5) is 0 Å². The molecule has 2 saturated carbocycles. The molecule has 2 heterocycles. The van der Waals surface area contributed by atoms with E-state index in [9.17, 15) is 13.2 Å². The van der Waals surface area contributed by atoms with E-state index in [0.717, 1.165) is 12.8 Å². The number of ether oxygens (including phenoxy) is 1. The molecule has 2 aliphatic carbocycles. The van der Waals surface area contributed by atoms with Crippen LogP contribution >= 0.6 is 10.7 Å². The number of hydrogen-bond acceptors (Lipinski definition) is 7. The number of aromatic nitrogens is 2. The summed E-state index contributed by atoms with van der Waals surface area (Å²) in [6, 6.07) is 4.81. The molecule has 0 amide bonds. The van der Waals surface area contributed by atoms with Gasteiger partial charge in [-0.15, -0.1) is 0 Å². The highest BCUT2D eigenvalue weighted by Crippen LogP contribution is 2.61. The molecule has 7 nitrogen and oxygen atoms in total. The third kappa shape index (κ3) is 2.24. The van der Waals surface area contributed by atoms with Gasteiger partial charge in [-0.1, -0.05) is 17.3 Å². The number of carbonyl (C=O) groups excluding carboxylic acids is 1. The Morgan fingerprint density at radius 3 is 2.81 bits per heavy atom. The highest BCUT2D eigenvalue weighted by molar-refractivity contribution is 8.13. The van der Waals surface area contributed by atoms with Crippen molar-refractivity contribution in [1.82, 2.24) is 10.1 Å². The summed E-state index contributed by atoms with van der Waals surface area (Å²) in [5.41, 5.74) is 1.04. The van der Waals surface area contributed by atoms with Crippen molar-refractivity contribution in [2.45, 2.75) is 36.7 Å². The molecule has 0 radical (unpaired) electrons. The molecule has 2 aromatic rings. The van der Waals surface area contributed by atoms with E-state index in [1.165, 1.54) is 6.07 Å². The van der Waals surface area contributed by atoms with E-state index in [0.29, 0.717) is 22.9 Å². The van der Waals surface area contributed by atoms with Gasteiger partial charge in [-0.3, -0.25) is 4.79 Å². The fourth-order valence-corrected chi connectivity index (χ4v) is 6.05. The molecule has 3 aliphatic rings. The van der Waals surface area contributed by atoms with E-state index < -0.39 is 9.05 Å². The van der Waals surface area contributed by atoms with Crippen molar-refractivity contribution >= 4 is 25.7 Å². The minimum atomic E-state index is -3.87. The van der Waals surface area contributed by atoms with E-state index in [4.69, 9.17) is 19.9 Å². The monoisotopic (exact) mass is 394 g/mol. The number of halogens is 1. The molecule has 0 N–H and O–H groups in total. The number of hydrogen-bond donors (Lipinski definition) is 0. The van der Waals surface area contributed by atoms with Crippen LogP contribution in [0.2, 0.25) is 0 Å². The lowest BCUT2D eigenvalue weighted by Crippen LogP contribution is -2.24. The molecule has 1 aromatic heterocycles. The quantitative estimate of drug-likeness (QED) is 0.582. The van der Waals surface area contributed by atoms with Gasteiger partial charge < -0.3 is 9.26 Å². The number of benzene rings is 1. The van der Waals surface area contributed by atoms with Crippen LogP contribution in [0.5, 0.6) is 0 Å². The van der Waals surface area contributed by atoms with Gasteiger partial charge in [-0.2, -0.15) is 4.98 Å². The molecule has 9 heteroatoms. The standard InChI is InChI=1S/C17H15ClN2O5S/c1-7-2-3-8(6-12(7)26(18,22)23)15-19-16(25-20-15)13-9-4-10-11(5-9)24-17(21)14(10)13/h2-3,6,9-11,13-14H,4-5H2,1H3/t9-,10+,11-,13-,14-/m1/s1. The Kier molecular flexibility index (Phi) is 3.31. The average molecular weight is 395 g/mol. The minimum Gasteiger partial charge on any atom is -0.462 e. The zero-order chi connectivity index (χ0) is 18.2. The summed E-state index contributed by atoms with van der Waals surface area (Å²) in [5.74, 6) is 0.776. The molecule has 1 saturated heterocycles. The van der Waals surface area contributed by atoms with Crippen LogP contribution in [-0.2, 0) is 18.6 Å². The summed E-state index contributed by atoms with van der Waals surface area (Å²) >= 11 is 0. The summed E-state index contributed by atoms with van der Waals surface area (Å²) in [5, 5.41) is 4.00. The van der Waals surface area contributed by atoms with Crippen LogP contribution in [0.3, 0.4) is 0 Å². The lowest BCUT2D eigenvalue weighted by Gasteiger charge is -2.20. The average Bonchev–Trinajstić information content (AvgIpc) is 3.29. The van der Waals surface area contributed by atoms with Gasteiger partial charge in [-0.05, 0) is 37.3 Å². The third-order valence-corrected chi connectivity index (χ3v) is 7.38. The first kappa shape index (κ1) is 16.3. The predicted octanol–water partition coefficient (Wildman–Crippen LogP) is 2.64. The highest BCUT2D eigenvalue weighted by atomic mass is 35.7. The van der Waals surface area contributed by atoms with Crippen LogP contribution in [0, 0.1) is 24.7 Å². The number of esters is 1. The largest absolute Gasteiger partial charge is 0.462 e. The maximum atomic E-state index is 12.2. The Hall–Kier alpha value is -1.93. The summed E-state index contributed by atoms with van der Waals surface area (Å²) < 4.78 is 34.3. The lowest BCUT2D eigenvalue weighted by atomic mass is 9.80. The molecule has 2 bridgehead atoms. The highest BCUT2D eigenvalue weighted by Gasteiger charge is 2.63. The second-order valence-corrected chi connectivity index (χ2v) is 9.83. The SMILES string of the molecule is Cc1ccc(-c2noc([C@@H]3[C@@H]4C[C@@H]5[C@H]3C(=O)O[C@@H]5C4)n2)cc1S(=O)(=O)Cl. The second-order valence-electron chi connectivity index (χ2n) is 7.30. The summed E-state index contributed by atoms with van der Waals surface area (Å²) in [6.45, 7) is 1.66. The number of fused-ring (bicyclic) bond motifs is 1. The van der Waals surface area contributed by atoms with Gasteiger partial charge in [0.2, 0.25) is 11.7 Å². The zero-order valence-electron chi connectivity index (χ0n) is 13.8. The summed E-state index contributed by atoms with van der Waals surface area (Å²) in [7, 11) is 1.62. The molecule has 26 heavy (non-hydrogen) atoms. The first-order valence-electron chi connectivity index (χ1n) is 8.42. The normalized spacial score (nSPS) is 32.2. The summed E-state index contributed by atoms with van der Waals surface area (Å²) in [6.07, 6.45) is 1.83. The molecular weight excluding hydrogens is 380 g/mol. The van der Waals surface area contributed by atoms with E-state index in [-0.39, 0.29) is 40.5 Å². The van der Waals surface area contributed by atoms with Crippen molar-refractivity contribution in [3.63, 3.8) is 0 Å². The van der Waals surface area contributed by atoms with Crippen molar-refractivity contribution in [2.24, 2.45) is 17.8 Å². The van der Waals surface area contributed by atoms with Gasteiger partial charge in [0.05, 0.1) is 16.7 Å². The number of aryl methyl sites for hydroxylation is 1. The number of rotatable bonds is 3. The van der Waals surface area contributed by atoms with E-state index in [1.54, 1.807) is 19.1 Å². The first-order valence-corrected chi connectivity index (χ1v) is 10.7. The molecule has 0 spiro atoms. The van der Waals surface area contributed by atoms with E-state index >= 15 is 0 Å². The lowest BCUT2D eigenvalue weighted by molar-refractivity contribution is -0.143. The Morgan fingerprint density at radius 1 is 1.23 bits per heavy atom. The second kappa shape index (κ2) is 5.29. The van der Waals surface area contributed by atoms with Crippen LogP contribution in [0.25, 0.3) is 11.4 Å². The molecule has 5 rings (SSSR count). The fourth-order valence-electron chi connectivity index (χ4n) is 4.83. The van der Waals surface area contributed by atoms with Gasteiger partial charge in [0.25, 0.3) is 9.05 Å². The minimum absolute atomic E-state index is 0.0187. The van der Waals surface area contributed by atoms with Gasteiger partial charge in [-0.25, -0.2) is 8.42 Å². The van der Waals surface area contributed by atoms with Gasteiger partial charge in [0, 0.05) is 22.2 Å². The van der Waals surface area contributed by atoms with Gasteiger partial charge in [0.1, 0.15) is 6.10 Å². The Morgan fingerprint density at radius 2 is 2.04 bits per heavy atom. The molecular formula is C17H15ClN2O5S. The Balaban J connectivity index is 1.51. The Labute approximate surface area is 154 Å². The molecule has 1 aliphatic heterocycles. The van der Waals surface area contributed by atoms with Gasteiger partial charge >= 0.3 is 5.97 Å². The molecule has 3 fully saturated rings. The van der Waals surface area contributed by atoms with Crippen molar-refractivity contribution in [1.29, 1.82) is 0 Å². The number of nitrogens with zero attached hydrogens (tertiary/aromatic N) is 2. The van der Waals surface area contributed by atoms with Crippen molar-refractivity contribution in [2.75, 3.05) is 0 Å². The molecule has 1 aromatic carbocycles. The van der Waals surface area contributed by atoms with Crippen LogP contribution in [0.15, 0.2) is 27.6 Å². The van der Waals surface area contributed by atoms with E-state index in [1.807, 2.05) is 0 Å². The third-order valence-electron chi connectivity index (χ3n) is 5.92. The topological polar surface area (TPSA) is 99.4 Å². The van der Waals surface area contributed by atoms with Crippen molar-refractivity contribution in [3.8, 4) is 11.4 Å². The smallest absolute Gasteiger partial charge is 0.310 e. The van der Waals surface area contributed by atoms with E-state index in [2.05, 4.69) is 10.1 Å². The Bertz CT molecular complexity index is 1030. The molecule has 5 atom stereocenters. The van der Waals surface area contributed by atoms with Crippen molar-refractivity contribution < 1.29 is 22.5 Å². The van der Waals surface area contributed by atoms with Gasteiger partial charge in [0.15, 0.2) is 0 Å². The van der Waals surface area contributed by atoms with Crippen LogP contribution in [-0.4, -0.2) is 30.6 Å². The fraction of sp³-hybridized carbons (Fsp3) is 0.471. The predicted molar refractivity (Wildman–Crippen MR) is 89.8 cm³/mol.